The fourth-order valence-corrected chi connectivity index (χ4v) is 7.56. The van der Waals surface area contributed by atoms with Crippen LogP contribution in [0.2, 0.25) is 5.02 Å². The zero-order valence-electron chi connectivity index (χ0n) is 24.3. The Kier molecular flexibility index (Phi) is 10.1. The van der Waals surface area contributed by atoms with Crippen LogP contribution in [-0.2, 0) is 9.84 Å². The fourth-order valence-electron chi connectivity index (χ4n) is 5.16. The number of nitrogens with zero attached hydrogens (tertiary/aromatic N) is 4. The van der Waals surface area contributed by atoms with Gasteiger partial charge in [-0.25, -0.2) is 17.8 Å². The van der Waals surface area contributed by atoms with Gasteiger partial charge in [0.2, 0.25) is 11.9 Å². The Balaban J connectivity index is 1.10. The SMILES string of the molecule is Cc1nc(NCC2CCC(CCS(=O)(=O)c3ccc(F)cc3)CC2)nc(Nc2ncc(C(=O)Nc3c(C)cccc3Cl)s2)n1. The molecule has 1 amide bonds. The molecule has 5 rings (SSSR count). The normalized spacial score (nSPS) is 16.8. The second-order valence-corrected chi connectivity index (χ2v) is 14.4. The summed E-state index contributed by atoms with van der Waals surface area (Å²) in [6.07, 6.45) is 5.93. The maximum Gasteiger partial charge on any atom is 0.267 e. The number of sulfone groups is 1. The van der Waals surface area contributed by atoms with Crippen molar-refractivity contribution in [1.29, 1.82) is 0 Å². The summed E-state index contributed by atoms with van der Waals surface area (Å²) in [7, 11) is -3.42. The van der Waals surface area contributed by atoms with Crippen molar-refractivity contribution in [1.82, 2.24) is 19.9 Å². The van der Waals surface area contributed by atoms with Gasteiger partial charge in [-0.1, -0.05) is 47.9 Å². The number of rotatable bonds is 11. The first-order valence-corrected chi connectivity index (χ1v) is 17.1. The first-order chi connectivity index (χ1) is 21.1. The van der Waals surface area contributed by atoms with Gasteiger partial charge in [0.05, 0.1) is 27.6 Å². The molecule has 0 spiro atoms. The molecular formula is C30H33ClFN7O3S2. The largest absolute Gasteiger partial charge is 0.354 e. The lowest BCUT2D eigenvalue weighted by Gasteiger charge is -2.28. The van der Waals surface area contributed by atoms with Gasteiger partial charge in [0, 0.05) is 6.54 Å². The van der Waals surface area contributed by atoms with Crippen LogP contribution in [-0.4, -0.2) is 46.6 Å². The second kappa shape index (κ2) is 14.0. The van der Waals surface area contributed by atoms with Crippen molar-refractivity contribution in [2.45, 2.75) is 50.8 Å². The Morgan fingerprint density at radius 1 is 1.00 bits per heavy atom. The minimum absolute atomic E-state index is 0.0679. The minimum Gasteiger partial charge on any atom is -0.354 e. The summed E-state index contributed by atoms with van der Waals surface area (Å²) in [6, 6.07) is 10.4. The van der Waals surface area contributed by atoms with Gasteiger partial charge < -0.3 is 10.6 Å². The van der Waals surface area contributed by atoms with Crippen LogP contribution in [0.3, 0.4) is 0 Å². The average molecular weight is 658 g/mol. The van der Waals surface area contributed by atoms with E-state index in [0.29, 0.717) is 63.2 Å². The average Bonchev–Trinajstić information content (AvgIpc) is 3.46. The van der Waals surface area contributed by atoms with E-state index in [1.165, 1.54) is 41.8 Å². The molecule has 10 nitrogen and oxygen atoms in total. The molecule has 4 aromatic rings. The first kappa shape index (κ1) is 31.7. The van der Waals surface area contributed by atoms with Crippen LogP contribution in [0.1, 0.15) is 53.2 Å². The predicted molar refractivity (Wildman–Crippen MR) is 171 cm³/mol. The molecule has 0 radical (unpaired) electrons. The molecule has 1 aliphatic rings. The van der Waals surface area contributed by atoms with Gasteiger partial charge in [0.25, 0.3) is 5.91 Å². The van der Waals surface area contributed by atoms with E-state index in [9.17, 15) is 17.6 Å². The van der Waals surface area contributed by atoms with Crippen molar-refractivity contribution in [3.8, 4) is 0 Å². The highest BCUT2D eigenvalue weighted by atomic mass is 35.5. The molecule has 3 N–H and O–H groups in total. The lowest BCUT2D eigenvalue weighted by Crippen LogP contribution is -2.23. The molecule has 2 aromatic carbocycles. The smallest absolute Gasteiger partial charge is 0.267 e. The monoisotopic (exact) mass is 657 g/mol. The summed E-state index contributed by atoms with van der Waals surface area (Å²) >= 11 is 7.41. The predicted octanol–water partition coefficient (Wildman–Crippen LogP) is 6.82. The number of carbonyl (C=O) groups is 1. The molecule has 0 bridgehead atoms. The van der Waals surface area contributed by atoms with Crippen LogP contribution >= 0.6 is 22.9 Å². The number of carbonyl (C=O) groups excluding carboxylic acids is 1. The fraction of sp³-hybridized carbons (Fsp3) is 0.367. The molecule has 44 heavy (non-hydrogen) atoms. The van der Waals surface area contributed by atoms with Crippen molar-refractivity contribution in [3.05, 3.63) is 75.8 Å². The first-order valence-electron chi connectivity index (χ1n) is 14.3. The quantitative estimate of drug-likeness (QED) is 0.148. The van der Waals surface area contributed by atoms with Crippen LogP contribution in [0.15, 0.2) is 53.6 Å². The molecule has 0 atom stereocenters. The topological polar surface area (TPSA) is 139 Å². The van der Waals surface area contributed by atoms with E-state index in [1.807, 2.05) is 19.1 Å². The summed E-state index contributed by atoms with van der Waals surface area (Å²) < 4.78 is 38.4. The third-order valence-corrected chi connectivity index (χ3v) is 10.6. The molecule has 0 saturated heterocycles. The number of hydrogen-bond donors (Lipinski definition) is 3. The standard InChI is InChI=1S/C30H33ClFN7O3S2/c1-18-4-3-5-24(31)26(18)37-27(40)25-17-34-30(43-25)39-29-36-19(2)35-28(38-29)33-16-21-8-6-20(7-9-21)14-15-44(41,42)23-12-10-22(32)11-13-23/h3-5,10-13,17,20-21H,6-9,14-16H2,1-2H3,(H,37,40)(H2,33,34,35,36,38,39). The molecule has 232 valence electrons. The van der Waals surface area contributed by atoms with E-state index in [2.05, 4.69) is 35.9 Å². The zero-order valence-corrected chi connectivity index (χ0v) is 26.7. The number of hydrogen-bond acceptors (Lipinski definition) is 10. The van der Waals surface area contributed by atoms with Crippen LogP contribution in [0.4, 0.5) is 27.1 Å². The van der Waals surface area contributed by atoms with Crippen molar-refractivity contribution in [2.75, 3.05) is 28.2 Å². The van der Waals surface area contributed by atoms with Crippen LogP contribution in [0.25, 0.3) is 0 Å². The van der Waals surface area contributed by atoms with Crippen LogP contribution < -0.4 is 16.0 Å². The number of para-hydroxylation sites is 1. The van der Waals surface area contributed by atoms with Gasteiger partial charge in [-0.05, 0) is 80.8 Å². The van der Waals surface area contributed by atoms with Gasteiger partial charge in [0.1, 0.15) is 16.5 Å². The number of benzene rings is 2. The van der Waals surface area contributed by atoms with Crippen LogP contribution in [0, 0.1) is 31.5 Å². The number of aromatic nitrogens is 4. The van der Waals surface area contributed by atoms with Crippen molar-refractivity contribution in [2.24, 2.45) is 11.8 Å². The van der Waals surface area contributed by atoms with E-state index >= 15 is 0 Å². The molecular weight excluding hydrogens is 625 g/mol. The third-order valence-electron chi connectivity index (χ3n) is 7.64. The van der Waals surface area contributed by atoms with Crippen molar-refractivity contribution >= 4 is 61.4 Å². The highest BCUT2D eigenvalue weighted by Gasteiger charge is 2.24. The molecule has 2 aromatic heterocycles. The Bertz CT molecular complexity index is 1710. The summed E-state index contributed by atoms with van der Waals surface area (Å²) in [6.45, 7) is 4.33. The van der Waals surface area contributed by atoms with E-state index in [1.54, 1.807) is 13.0 Å². The molecule has 14 heteroatoms. The van der Waals surface area contributed by atoms with Gasteiger partial charge in [-0.15, -0.1) is 0 Å². The summed E-state index contributed by atoms with van der Waals surface area (Å²) in [4.78, 5) is 30.9. The molecule has 2 heterocycles. The van der Waals surface area contributed by atoms with Gasteiger partial charge in [-0.3, -0.25) is 10.1 Å². The van der Waals surface area contributed by atoms with E-state index in [4.69, 9.17) is 11.6 Å². The number of aryl methyl sites for hydroxylation is 2. The Hall–Kier alpha value is -3.68. The van der Waals surface area contributed by atoms with Crippen LogP contribution in [0.5, 0.6) is 0 Å². The van der Waals surface area contributed by atoms with Crippen molar-refractivity contribution in [3.63, 3.8) is 0 Å². The van der Waals surface area contributed by atoms with Gasteiger partial charge in [-0.2, -0.15) is 15.0 Å². The number of halogens is 2. The maximum absolute atomic E-state index is 13.2. The Morgan fingerprint density at radius 3 is 2.43 bits per heavy atom. The Labute approximate surface area is 264 Å². The van der Waals surface area contributed by atoms with E-state index in [-0.39, 0.29) is 16.6 Å². The number of anilines is 4. The van der Waals surface area contributed by atoms with E-state index < -0.39 is 15.7 Å². The number of amides is 1. The summed E-state index contributed by atoms with van der Waals surface area (Å²) in [5, 5.41) is 10.1. The zero-order chi connectivity index (χ0) is 31.3. The number of nitrogens with one attached hydrogen (secondary N) is 3. The molecule has 1 aliphatic carbocycles. The lowest BCUT2D eigenvalue weighted by molar-refractivity contribution is 0.103. The molecule has 0 aliphatic heterocycles. The third kappa shape index (κ3) is 8.27. The van der Waals surface area contributed by atoms with Gasteiger partial charge in [0.15, 0.2) is 15.0 Å². The minimum atomic E-state index is -3.42. The number of thiazole rings is 1. The highest BCUT2D eigenvalue weighted by molar-refractivity contribution is 7.91. The summed E-state index contributed by atoms with van der Waals surface area (Å²) in [5.74, 6) is 1.34. The molecule has 0 unspecified atom stereocenters. The van der Waals surface area contributed by atoms with Gasteiger partial charge >= 0.3 is 0 Å². The summed E-state index contributed by atoms with van der Waals surface area (Å²) in [5.41, 5.74) is 1.42. The maximum atomic E-state index is 13.2. The van der Waals surface area contributed by atoms with Crippen molar-refractivity contribution < 1.29 is 17.6 Å². The second-order valence-electron chi connectivity index (χ2n) is 10.9. The van der Waals surface area contributed by atoms with E-state index in [0.717, 1.165) is 31.2 Å². The Morgan fingerprint density at radius 2 is 1.70 bits per heavy atom. The lowest BCUT2D eigenvalue weighted by atomic mass is 9.81. The highest BCUT2D eigenvalue weighted by Crippen LogP contribution is 2.32. The molecule has 1 fully saturated rings. The molecule has 1 saturated carbocycles.